The highest BCUT2D eigenvalue weighted by Gasteiger charge is 2.44. The van der Waals surface area contributed by atoms with E-state index < -0.39 is 23.6 Å². The van der Waals surface area contributed by atoms with Crippen molar-refractivity contribution in [3.63, 3.8) is 0 Å². The zero-order chi connectivity index (χ0) is 16.7. The SMILES string of the molecule is O=C(ON1C(=O)c2ccccc2C1=O)C1CCC2(CC1)OCCO2. The first-order chi connectivity index (χ1) is 11.6. The van der Waals surface area contributed by atoms with E-state index in [0.29, 0.717) is 44.0 Å². The Labute approximate surface area is 138 Å². The Morgan fingerprint density at radius 2 is 1.58 bits per heavy atom. The van der Waals surface area contributed by atoms with Crippen LogP contribution in [0.4, 0.5) is 0 Å². The van der Waals surface area contributed by atoms with E-state index in [0.717, 1.165) is 0 Å². The van der Waals surface area contributed by atoms with E-state index in [2.05, 4.69) is 0 Å². The van der Waals surface area contributed by atoms with Crippen LogP contribution < -0.4 is 0 Å². The zero-order valence-electron chi connectivity index (χ0n) is 13.0. The highest BCUT2D eigenvalue weighted by Crippen LogP contribution is 2.39. The molecule has 2 aliphatic heterocycles. The van der Waals surface area contributed by atoms with Gasteiger partial charge in [0, 0.05) is 12.8 Å². The Balaban J connectivity index is 1.41. The molecule has 1 spiro atoms. The number of hydrogen-bond donors (Lipinski definition) is 0. The lowest BCUT2D eigenvalue weighted by atomic mass is 9.85. The molecule has 2 heterocycles. The molecule has 4 rings (SSSR count). The van der Waals surface area contributed by atoms with Gasteiger partial charge in [-0.1, -0.05) is 17.2 Å². The van der Waals surface area contributed by atoms with Crippen LogP contribution in [0.25, 0.3) is 0 Å². The molecule has 3 aliphatic rings. The van der Waals surface area contributed by atoms with Crippen LogP contribution in [0.1, 0.15) is 46.4 Å². The fraction of sp³-hybridized carbons (Fsp3) is 0.471. The van der Waals surface area contributed by atoms with E-state index in [4.69, 9.17) is 14.3 Å². The second-order valence-electron chi connectivity index (χ2n) is 6.24. The summed E-state index contributed by atoms with van der Waals surface area (Å²) < 4.78 is 11.3. The van der Waals surface area contributed by atoms with Crippen LogP contribution >= 0.6 is 0 Å². The molecule has 0 atom stereocenters. The minimum Gasteiger partial charge on any atom is -0.348 e. The Morgan fingerprint density at radius 1 is 1.04 bits per heavy atom. The summed E-state index contributed by atoms with van der Waals surface area (Å²) in [7, 11) is 0. The number of hydroxylamine groups is 2. The minimum absolute atomic E-state index is 0.255. The van der Waals surface area contributed by atoms with Gasteiger partial charge in [0.05, 0.1) is 30.3 Å². The zero-order valence-corrected chi connectivity index (χ0v) is 13.0. The molecule has 24 heavy (non-hydrogen) atoms. The Hall–Kier alpha value is -2.25. The van der Waals surface area contributed by atoms with Crippen molar-refractivity contribution in [3.8, 4) is 0 Å². The normalized spacial score (nSPS) is 22.9. The molecule has 1 aliphatic carbocycles. The van der Waals surface area contributed by atoms with Crippen LogP contribution in [0.2, 0.25) is 0 Å². The molecule has 1 aromatic carbocycles. The summed E-state index contributed by atoms with van der Waals surface area (Å²) in [6.07, 6.45) is 2.30. The van der Waals surface area contributed by atoms with Crippen molar-refractivity contribution in [2.24, 2.45) is 5.92 Å². The largest absolute Gasteiger partial charge is 0.348 e. The van der Waals surface area contributed by atoms with Crippen LogP contribution in [0, 0.1) is 5.92 Å². The highest BCUT2D eigenvalue weighted by molar-refractivity contribution is 6.20. The van der Waals surface area contributed by atoms with Crippen LogP contribution in [-0.4, -0.2) is 41.8 Å². The maximum absolute atomic E-state index is 12.3. The first kappa shape index (κ1) is 15.3. The number of fused-ring (bicyclic) bond motifs is 1. The average Bonchev–Trinajstić information content (AvgIpc) is 3.15. The van der Waals surface area contributed by atoms with Crippen molar-refractivity contribution < 1.29 is 28.7 Å². The maximum Gasteiger partial charge on any atom is 0.336 e. The van der Waals surface area contributed by atoms with Gasteiger partial charge >= 0.3 is 5.97 Å². The molecular weight excluding hydrogens is 314 g/mol. The monoisotopic (exact) mass is 331 g/mol. The van der Waals surface area contributed by atoms with E-state index in [9.17, 15) is 14.4 Å². The lowest BCUT2D eigenvalue weighted by molar-refractivity contribution is -0.195. The van der Waals surface area contributed by atoms with E-state index in [1.54, 1.807) is 24.3 Å². The molecular formula is C17H17NO6. The molecule has 2 amide bonds. The van der Waals surface area contributed by atoms with Crippen LogP contribution in [-0.2, 0) is 19.1 Å². The van der Waals surface area contributed by atoms with Crippen molar-refractivity contribution in [2.75, 3.05) is 13.2 Å². The molecule has 1 saturated heterocycles. The number of imide groups is 1. The summed E-state index contributed by atoms with van der Waals surface area (Å²) in [5.74, 6) is -2.69. The number of carbonyl (C=O) groups excluding carboxylic acids is 3. The smallest absolute Gasteiger partial charge is 0.336 e. The predicted octanol–water partition coefficient (Wildman–Crippen LogP) is 1.67. The summed E-state index contributed by atoms with van der Waals surface area (Å²) in [6.45, 7) is 1.15. The molecule has 1 saturated carbocycles. The van der Waals surface area contributed by atoms with Gasteiger partial charge in [-0.2, -0.15) is 0 Å². The first-order valence-electron chi connectivity index (χ1n) is 8.07. The average molecular weight is 331 g/mol. The number of amides is 2. The molecule has 0 N–H and O–H groups in total. The summed E-state index contributed by atoms with van der Waals surface area (Å²) >= 11 is 0. The molecule has 0 aromatic heterocycles. The number of hydrogen-bond acceptors (Lipinski definition) is 6. The lowest BCUT2D eigenvalue weighted by Crippen LogP contribution is -2.40. The van der Waals surface area contributed by atoms with Gasteiger partial charge in [0.2, 0.25) is 0 Å². The first-order valence-corrected chi connectivity index (χ1v) is 8.07. The van der Waals surface area contributed by atoms with Gasteiger partial charge in [0.25, 0.3) is 11.8 Å². The summed E-state index contributed by atoms with van der Waals surface area (Å²) in [6, 6.07) is 6.42. The van der Waals surface area contributed by atoms with Gasteiger partial charge in [-0.25, -0.2) is 4.79 Å². The van der Waals surface area contributed by atoms with Gasteiger partial charge in [0.15, 0.2) is 5.79 Å². The van der Waals surface area contributed by atoms with Gasteiger partial charge in [-0.15, -0.1) is 0 Å². The molecule has 0 radical (unpaired) electrons. The van der Waals surface area contributed by atoms with Gasteiger partial charge in [0.1, 0.15) is 0 Å². The standard InChI is InChI=1S/C17H17NO6/c19-14-12-3-1-2-4-13(12)15(20)18(14)24-16(21)11-5-7-17(8-6-11)22-9-10-23-17/h1-4,11H,5-10H2. The fourth-order valence-electron chi connectivity index (χ4n) is 3.49. The fourth-order valence-corrected chi connectivity index (χ4v) is 3.49. The van der Waals surface area contributed by atoms with Crippen LogP contribution in [0.3, 0.4) is 0 Å². The molecule has 0 bridgehead atoms. The molecule has 2 fully saturated rings. The molecule has 7 heteroatoms. The predicted molar refractivity (Wildman–Crippen MR) is 79.6 cm³/mol. The number of nitrogens with zero attached hydrogens (tertiary/aromatic N) is 1. The van der Waals surface area contributed by atoms with Crippen molar-refractivity contribution >= 4 is 17.8 Å². The van der Waals surface area contributed by atoms with E-state index in [1.165, 1.54) is 0 Å². The summed E-state index contributed by atoms with van der Waals surface area (Å²) in [5, 5.41) is 0.569. The lowest BCUT2D eigenvalue weighted by Gasteiger charge is -2.34. The van der Waals surface area contributed by atoms with Gasteiger partial charge < -0.3 is 14.3 Å². The molecule has 1 aromatic rings. The topological polar surface area (TPSA) is 82.1 Å². The van der Waals surface area contributed by atoms with Crippen LogP contribution in [0.15, 0.2) is 24.3 Å². The number of ether oxygens (including phenoxy) is 2. The number of carbonyl (C=O) groups is 3. The Morgan fingerprint density at radius 3 is 2.12 bits per heavy atom. The highest BCUT2D eigenvalue weighted by atomic mass is 16.7. The summed E-state index contributed by atoms with van der Waals surface area (Å²) in [5.41, 5.74) is 0.510. The third-order valence-corrected chi connectivity index (χ3v) is 4.83. The summed E-state index contributed by atoms with van der Waals surface area (Å²) in [4.78, 5) is 41.9. The van der Waals surface area contributed by atoms with E-state index in [1.807, 2.05) is 0 Å². The van der Waals surface area contributed by atoms with Crippen molar-refractivity contribution in [3.05, 3.63) is 35.4 Å². The van der Waals surface area contributed by atoms with Gasteiger partial charge in [-0.05, 0) is 25.0 Å². The molecule has 0 unspecified atom stereocenters. The van der Waals surface area contributed by atoms with Crippen molar-refractivity contribution in [1.82, 2.24) is 5.06 Å². The van der Waals surface area contributed by atoms with E-state index >= 15 is 0 Å². The molecule has 7 nitrogen and oxygen atoms in total. The quantitative estimate of drug-likeness (QED) is 0.767. The minimum atomic E-state index is -0.598. The maximum atomic E-state index is 12.3. The van der Waals surface area contributed by atoms with Gasteiger partial charge in [-0.3, -0.25) is 9.59 Å². The number of benzene rings is 1. The second kappa shape index (κ2) is 5.68. The third kappa shape index (κ3) is 2.40. The Bertz CT molecular complexity index is 664. The van der Waals surface area contributed by atoms with Crippen LogP contribution in [0.5, 0.6) is 0 Å². The second-order valence-corrected chi connectivity index (χ2v) is 6.24. The molecule has 126 valence electrons. The third-order valence-electron chi connectivity index (χ3n) is 4.83. The van der Waals surface area contributed by atoms with Crippen molar-refractivity contribution in [1.29, 1.82) is 0 Å². The number of rotatable bonds is 2. The van der Waals surface area contributed by atoms with E-state index in [-0.39, 0.29) is 17.0 Å². The Kier molecular flexibility index (Phi) is 3.62. The van der Waals surface area contributed by atoms with Crippen molar-refractivity contribution in [2.45, 2.75) is 31.5 Å².